The van der Waals surface area contributed by atoms with E-state index in [0.717, 1.165) is 25.9 Å². The maximum atomic E-state index is 10.5. The third kappa shape index (κ3) is 1.97. The van der Waals surface area contributed by atoms with Gasteiger partial charge in [-0.15, -0.1) is 11.3 Å². The van der Waals surface area contributed by atoms with Crippen LogP contribution in [0, 0.1) is 5.92 Å². The van der Waals surface area contributed by atoms with Gasteiger partial charge in [0.05, 0.1) is 11.1 Å². The maximum Gasteiger partial charge on any atom is 0.0794 e. The van der Waals surface area contributed by atoms with Crippen molar-refractivity contribution in [1.29, 1.82) is 0 Å². The number of aromatic nitrogens is 1. The average molecular weight is 212 g/mol. The molecule has 0 spiro atoms. The van der Waals surface area contributed by atoms with Crippen LogP contribution < -0.4 is 5.32 Å². The summed E-state index contributed by atoms with van der Waals surface area (Å²) in [5.41, 5.74) is 1.29. The van der Waals surface area contributed by atoms with E-state index in [0.29, 0.717) is 5.92 Å². The first-order valence-corrected chi connectivity index (χ1v) is 5.89. The van der Waals surface area contributed by atoms with Gasteiger partial charge in [-0.3, -0.25) is 4.98 Å². The van der Waals surface area contributed by atoms with E-state index in [-0.39, 0.29) is 0 Å². The molecular formula is C10H16N2OS. The lowest BCUT2D eigenvalue weighted by Crippen LogP contribution is -2.50. The lowest BCUT2D eigenvalue weighted by Gasteiger charge is -2.38. The highest BCUT2D eigenvalue weighted by Crippen LogP contribution is 2.29. The Morgan fingerprint density at radius 3 is 3.29 bits per heavy atom. The van der Waals surface area contributed by atoms with Gasteiger partial charge in [0.25, 0.3) is 0 Å². The Morgan fingerprint density at radius 1 is 1.79 bits per heavy atom. The molecule has 1 fully saturated rings. The largest absolute Gasteiger partial charge is 0.389 e. The minimum atomic E-state index is -0.530. The molecule has 2 heterocycles. The van der Waals surface area contributed by atoms with Crippen molar-refractivity contribution in [2.45, 2.75) is 25.4 Å². The highest BCUT2D eigenvalue weighted by atomic mass is 32.1. The first-order chi connectivity index (χ1) is 6.71. The molecule has 78 valence electrons. The topological polar surface area (TPSA) is 45.1 Å². The SMILES string of the molecule is CC1CNCCC1(O)Cc1cncs1. The highest BCUT2D eigenvalue weighted by molar-refractivity contribution is 7.09. The van der Waals surface area contributed by atoms with Crippen molar-refractivity contribution in [2.75, 3.05) is 13.1 Å². The predicted molar refractivity (Wildman–Crippen MR) is 57.4 cm³/mol. The van der Waals surface area contributed by atoms with Crippen LogP contribution >= 0.6 is 11.3 Å². The molecule has 1 aliphatic heterocycles. The maximum absolute atomic E-state index is 10.5. The molecule has 2 unspecified atom stereocenters. The van der Waals surface area contributed by atoms with E-state index in [2.05, 4.69) is 17.2 Å². The molecule has 0 aromatic carbocycles. The Morgan fingerprint density at radius 2 is 2.64 bits per heavy atom. The molecule has 0 amide bonds. The number of nitrogens with one attached hydrogen (secondary N) is 1. The van der Waals surface area contributed by atoms with Crippen LogP contribution in [0.2, 0.25) is 0 Å². The van der Waals surface area contributed by atoms with Gasteiger partial charge in [-0.05, 0) is 18.9 Å². The Kier molecular flexibility index (Phi) is 2.85. The Labute approximate surface area is 88.2 Å². The summed E-state index contributed by atoms with van der Waals surface area (Å²) in [6, 6.07) is 0. The zero-order valence-electron chi connectivity index (χ0n) is 8.36. The summed E-state index contributed by atoms with van der Waals surface area (Å²) in [6.07, 6.45) is 3.45. The van der Waals surface area contributed by atoms with E-state index in [4.69, 9.17) is 0 Å². The van der Waals surface area contributed by atoms with Crippen molar-refractivity contribution < 1.29 is 5.11 Å². The van der Waals surface area contributed by atoms with Crippen LogP contribution in [0.25, 0.3) is 0 Å². The minimum Gasteiger partial charge on any atom is -0.389 e. The van der Waals surface area contributed by atoms with Crippen LogP contribution in [-0.4, -0.2) is 28.8 Å². The monoisotopic (exact) mass is 212 g/mol. The molecule has 4 heteroatoms. The van der Waals surface area contributed by atoms with Crippen LogP contribution in [-0.2, 0) is 6.42 Å². The quantitative estimate of drug-likeness (QED) is 0.770. The molecule has 1 saturated heterocycles. The molecule has 2 atom stereocenters. The smallest absolute Gasteiger partial charge is 0.0794 e. The third-order valence-corrected chi connectivity index (χ3v) is 3.85. The molecule has 2 N–H and O–H groups in total. The number of rotatable bonds is 2. The standard InChI is InChI=1S/C10H16N2OS/c1-8-5-11-3-2-10(8,13)4-9-6-12-7-14-9/h6-8,11,13H,2-5H2,1H3. The molecule has 1 aliphatic rings. The van der Waals surface area contributed by atoms with Crippen molar-refractivity contribution in [3.63, 3.8) is 0 Å². The van der Waals surface area contributed by atoms with Gasteiger partial charge in [0.2, 0.25) is 0 Å². The van der Waals surface area contributed by atoms with E-state index in [1.807, 2.05) is 11.7 Å². The van der Waals surface area contributed by atoms with Crippen molar-refractivity contribution >= 4 is 11.3 Å². The van der Waals surface area contributed by atoms with E-state index in [1.54, 1.807) is 11.3 Å². The van der Waals surface area contributed by atoms with Crippen molar-refractivity contribution in [3.8, 4) is 0 Å². The summed E-state index contributed by atoms with van der Waals surface area (Å²) in [5, 5.41) is 13.7. The molecular weight excluding hydrogens is 196 g/mol. The van der Waals surface area contributed by atoms with E-state index >= 15 is 0 Å². The molecule has 14 heavy (non-hydrogen) atoms. The molecule has 2 rings (SSSR count). The summed E-state index contributed by atoms with van der Waals surface area (Å²) < 4.78 is 0. The van der Waals surface area contributed by atoms with Gasteiger partial charge in [-0.2, -0.15) is 0 Å². The lowest BCUT2D eigenvalue weighted by atomic mass is 9.80. The van der Waals surface area contributed by atoms with Gasteiger partial charge in [0.1, 0.15) is 0 Å². The average Bonchev–Trinajstić information content (AvgIpc) is 2.63. The van der Waals surface area contributed by atoms with Gasteiger partial charge < -0.3 is 10.4 Å². The van der Waals surface area contributed by atoms with E-state index in [9.17, 15) is 5.11 Å². The summed E-state index contributed by atoms with van der Waals surface area (Å²) in [4.78, 5) is 5.22. The summed E-state index contributed by atoms with van der Waals surface area (Å²) in [5.74, 6) is 0.318. The van der Waals surface area contributed by atoms with Crippen LogP contribution in [0.5, 0.6) is 0 Å². The number of hydrogen-bond acceptors (Lipinski definition) is 4. The number of nitrogens with zero attached hydrogens (tertiary/aromatic N) is 1. The fraction of sp³-hybridized carbons (Fsp3) is 0.700. The first-order valence-electron chi connectivity index (χ1n) is 5.01. The van der Waals surface area contributed by atoms with E-state index < -0.39 is 5.60 Å². The fourth-order valence-electron chi connectivity index (χ4n) is 1.95. The summed E-state index contributed by atoms with van der Waals surface area (Å²) in [6.45, 7) is 3.93. The second kappa shape index (κ2) is 3.96. The van der Waals surface area contributed by atoms with Crippen LogP contribution in [0.1, 0.15) is 18.2 Å². The molecule has 3 nitrogen and oxygen atoms in total. The van der Waals surface area contributed by atoms with Crippen LogP contribution in [0.4, 0.5) is 0 Å². The highest BCUT2D eigenvalue weighted by Gasteiger charge is 2.36. The van der Waals surface area contributed by atoms with Crippen LogP contribution in [0.15, 0.2) is 11.7 Å². The molecule has 0 bridgehead atoms. The van der Waals surface area contributed by atoms with Gasteiger partial charge in [-0.25, -0.2) is 0 Å². The van der Waals surface area contributed by atoms with Gasteiger partial charge in [0, 0.05) is 24.0 Å². The Bertz CT molecular complexity index is 288. The number of thiazole rings is 1. The third-order valence-electron chi connectivity index (χ3n) is 3.07. The number of piperidine rings is 1. The molecule has 0 aliphatic carbocycles. The Balaban J connectivity index is 2.07. The minimum absolute atomic E-state index is 0.318. The second-order valence-corrected chi connectivity index (χ2v) is 5.07. The molecule has 0 saturated carbocycles. The zero-order valence-corrected chi connectivity index (χ0v) is 9.18. The van der Waals surface area contributed by atoms with Crippen molar-refractivity contribution in [1.82, 2.24) is 10.3 Å². The van der Waals surface area contributed by atoms with Crippen molar-refractivity contribution in [2.24, 2.45) is 5.92 Å². The van der Waals surface area contributed by atoms with E-state index in [1.165, 1.54) is 4.88 Å². The zero-order chi connectivity index (χ0) is 10.0. The van der Waals surface area contributed by atoms with Crippen molar-refractivity contribution in [3.05, 3.63) is 16.6 Å². The second-order valence-electron chi connectivity index (χ2n) is 4.10. The molecule has 0 radical (unpaired) electrons. The van der Waals surface area contributed by atoms with Gasteiger partial charge in [-0.1, -0.05) is 6.92 Å². The summed E-state index contributed by atoms with van der Waals surface area (Å²) >= 11 is 1.63. The fourth-order valence-corrected chi connectivity index (χ4v) is 2.67. The first kappa shape index (κ1) is 10.1. The van der Waals surface area contributed by atoms with Crippen LogP contribution in [0.3, 0.4) is 0 Å². The molecule has 1 aromatic rings. The number of hydrogen-bond donors (Lipinski definition) is 2. The predicted octanol–water partition coefficient (Wildman–Crippen LogP) is 1.05. The Hall–Kier alpha value is -0.450. The van der Waals surface area contributed by atoms with Gasteiger partial charge in [0.15, 0.2) is 0 Å². The van der Waals surface area contributed by atoms with Gasteiger partial charge >= 0.3 is 0 Å². The lowest BCUT2D eigenvalue weighted by molar-refractivity contribution is -0.0323. The normalized spacial score (nSPS) is 33.1. The molecule has 1 aromatic heterocycles. The number of aliphatic hydroxyl groups is 1. The summed E-state index contributed by atoms with van der Waals surface area (Å²) in [7, 11) is 0.